The van der Waals surface area contributed by atoms with Crippen LogP contribution in [0.4, 0.5) is 11.5 Å². The van der Waals surface area contributed by atoms with Crippen LogP contribution in [0, 0.1) is 0 Å². The summed E-state index contributed by atoms with van der Waals surface area (Å²) in [5.74, 6) is 0.245. The summed E-state index contributed by atoms with van der Waals surface area (Å²) in [5, 5.41) is 11.6. The minimum atomic E-state index is -3.05. The average Bonchev–Trinajstić information content (AvgIpc) is 2.94. The fraction of sp³-hybridized carbons (Fsp3) is 0.312. The zero-order chi connectivity index (χ0) is 18.0. The molecule has 1 saturated heterocycles. The molecule has 1 amide bonds. The topological polar surface area (TPSA) is 92.3 Å². The van der Waals surface area contributed by atoms with E-state index < -0.39 is 9.84 Å². The zero-order valence-electron chi connectivity index (χ0n) is 13.5. The van der Waals surface area contributed by atoms with Crippen LogP contribution < -0.4 is 5.32 Å². The van der Waals surface area contributed by atoms with Gasteiger partial charge in [0.1, 0.15) is 0 Å². The van der Waals surface area contributed by atoms with Crippen LogP contribution in [-0.2, 0) is 9.84 Å². The molecule has 2 heterocycles. The molecule has 1 aromatic heterocycles. The van der Waals surface area contributed by atoms with Gasteiger partial charge in [-0.3, -0.25) is 4.79 Å². The van der Waals surface area contributed by atoms with Crippen molar-refractivity contribution in [1.82, 2.24) is 15.1 Å². The lowest BCUT2D eigenvalue weighted by Gasteiger charge is -2.22. The monoisotopic (exact) mass is 380 g/mol. The third kappa shape index (κ3) is 4.26. The standard InChI is InChI=1S/C16H17ClN4O3S/c1-21(13-7-8-25(23,24)10-13)16(22)14-5-6-15(20-19-14)18-12-4-2-3-11(17)9-12/h2-6,9,13H,7-8,10H2,1H3,(H,18,20). The Morgan fingerprint density at radius 1 is 1.28 bits per heavy atom. The first-order valence-corrected chi connectivity index (χ1v) is 9.88. The van der Waals surface area contributed by atoms with Gasteiger partial charge in [0.25, 0.3) is 5.91 Å². The Morgan fingerprint density at radius 2 is 2.08 bits per heavy atom. The van der Waals surface area contributed by atoms with Gasteiger partial charge in [-0.25, -0.2) is 8.42 Å². The highest BCUT2D eigenvalue weighted by Gasteiger charge is 2.33. The van der Waals surface area contributed by atoms with E-state index in [4.69, 9.17) is 11.6 Å². The molecule has 1 aliphatic rings. The van der Waals surface area contributed by atoms with Gasteiger partial charge in [-0.05, 0) is 36.8 Å². The van der Waals surface area contributed by atoms with Crippen molar-refractivity contribution in [2.75, 3.05) is 23.9 Å². The summed E-state index contributed by atoms with van der Waals surface area (Å²) in [4.78, 5) is 13.9. The molecule has 1 aliphatic heterocycles. The Bertz CT molecular complexity index is 887. The van der Waals surface area contributed by atoms with Gasteiger partial charge in [-0.2, -0.15) is 0 Å². The van der Waals surface area contributed by atoms with Gasteiger partial charge < -0.3 is 10.2 Å². The molecule has 1 fully saturated rings. The number of aromatic nitrogens is 2. The average molecular weight is 381 g/mol. The fourth-order valence-corrected chi connectivity index (χ4v) is 4.62. The third-order valence-corrected chi connectivity index (χ3v) is 6.04. The summed E-state index contributed by atoms with van der Waals surface area (Å²) >= 11 is 5.93. The number of carbonyl (C=O) groups is 1. The molecule has 0 bridgehead atoms. The van der Waals surface area contributed by atoms with Gasteiger partial charge >= 0.3 is 0 Å². The highest BCUT2D eigenvalue weighted by atomic mass is 35.5. The molecule has 2 aromatic rings. The summed E-state index contributed by atoms with van der Waals surface area (Å²) in [7, 11) is -1.46. The van der Waals surface area contributed by atoms with E-state index in [0.29, 0.717) is 17.3 Å². The molecule has 1 atom stereocenters. The van der Waals surface area contributed by atoms with Crippen molar-refractivity contribution in [2.24, 2.45) is 0 Å². The number of amides is 1. The normalized spacial score (nSPS) is 18.7. The Hall–Kier alpha value is -2.19. The molecule has 1 aromatic carbocycles. The van der Waals surface area contributed by atoms with E-state index in [2.05, 4.69) is 15.5 Å². The lowest BCUT2D eigenvalue weighted by atomic mass is 10.2. The second-order valence-electron chi connectivity index (χ2n) is 5.91. The van der Waals surface area contributed by atoms with Crippen LogP contribution in [0.15, 0.2) is 36.4 Å². The van der Waals surface area contributed by atoms with Crippen LogP contribution in [0.25, 0.3) is 0 Å². The van der Waals surface area contributed by atoms with Crippen LogP contribution in [-0.4, -0.2) is 54.0 Å². The maximum Gasteiger partial charge on any atom is 0.274 e. The van der Waals surface area contributed by atoms with Crippen molar-refractivity contribution >= 4 is 38.9 Å². The molecular formula is C16H17ClN4O3S. The van der Waals surface area contributed by atoms with E-state index >= 15 is 0 Å². The largest absolute Gasteiger partial charge is 0.339 e. The molecule has 1 N–H and O–H groups in total. The van der Waals surface area contributed by atoms with Crippen LogP contribution in [0.1, 0.15) is 16.9 Å². The van der Waals surface area contributed by atoms with Gasteiger partial charge in [0.15, 0.2) is 21.3 Å². The van der Waals surface area contributed by atoms with Crippen molar-refractivity contribution < 1.29 is 13.2 Å². The summed E-state index contributed by atoms with van der Waals surface area (Å²) < 4.78 is 23.1. The molecular weight excluding hydrogens is 364 g/mol. The van der Waals surface area contributed by atoms with E-state index in [1.165, 1.54) is 4.90 Å². The van der Waals surface area contributed by atoms with Gasteiger partial charge in [0.2, 0.25) is 0 Å². The summed E-state index contributed by atoms with van der Waals surface area (Å²) in [6.07, 6.45) is 0.451. The molecule has 132 valence electrons. The van der Waals surface area contributed by atoms with Gasteiger partial charge in [-0.15, -0.1) is 10.2 Å². The number of hydrogen-bond donors (Lipinski definition) is 1. The number of halogens is 1. The van der Waals surface area contributed by atoms with Crippen LogP contribution in [0.3, 0.4) is 0 Å². The predicted molar refractivity (Wildman–Crippen MR) is 95.9 cm³/mol. The van der Waals surface area contributed by atoms with E-state index in [1.54, 1.807) is 37.4 Å². The molecule has 0 aliphatic carbocycles. The third-order valence-electron chi connectivity index (χ3n) is 4.06. The number of sulfone groups is 1. The first-order valence-electron chi connectivity index (χ1n) is 7.68. The molecule has 7 nitrogen and oxygen atoms in total. The van der Waals surface area contributed by atoms with E-state index in [0.717, 1.165) is 5.69 Å². The molecule has 0 radical (unpaired) electrons. The number of hydrogen-bond acceptors (Lipinski definition) is 6. The van der Waals surface area contributed by atoms with Crippen LogP contribution in [0.2, 0.25) is 5.02 Å². The van der Waals surface area contributed by atoms with E-state index in [1.807, 2.05) is 6.07 Å². The molecule has 9 heteroatoms. The maximum atomic E-state index is 12.4. The molecule has 3 rings (SSSR count). The van der Waals surface area contributed by atoms with Gasteiger partial charge in [-0.1, -0.05) is 17.7 Å². The van der Waals surface area contributed by atoms with Crippen molar-refractivity contribution in [3.05, 3.63) is 47.1 Å². The second kappa shape index (κ2) is 6.97. The summed E-state index contributed by atoms with van der Waals surface area (Å²) in [6.45, 7) is 0. The van der Waals surface area contributed by atoms with Crippen molar-refractivity contribution in [3.8, 4) is 0 Å². The number of nitrogens with one attached hydrogen (secondary N) is 1. The number of anilines is 2. The Balaban J connectivity index is 1.68. The zero-order valence-corrected chi connectivity index (χ0v) is 15.1. The molecule has 1 unspecified atom stereocenters. The smallest absolute Gasteiger partial charge is 0.274 e. The van der Waals surface area contributed by atoms with Crippen molar-refractivity contribution in [2.45, 2.75) is 12.5 Å². The lowest BCUT2D eigenvalue weighted by molar-refractivity contribution is 0.0740. The van der Waals surface area contributed by atoms with Crippen LogP contribution in [0.5, 0.6) is 0 Å². The maximum absolute atomic E-state index is 12.4. The Labute approximate surface area is 150 Å². The van der Waals surface area contributed by atoms with E-state index in [-0.39, 0.29) is 29.1 Å². The summed E-state index contributed by atoms with van der Waals surface area (Å²) in [6, 6.07) is 10.0. The minimum Gasteiger partial charge on any atom is -0.339 e. The van der Waals surface area contributed by atoms with Crippen molar-refractivity contribution in [1.29, 1.82) is 0 Å². The minimum absolute atomic E-state index is 0.00290. The second-order valence-corrected chi connectivity index (χ2v) is 8.58. The van der Waals surface area contributed by atoms with E-state index in [9.17, 15) is 13.2 Å². The summed E-state index contributed by atoms with van der Waals surface area (Å²) in [5.41, 5.74) is 0.928. The number of carbonyl (C=O) groups excluding carboxylic acids is 1. The molecule has 0 spiro atoms. The van der Waals surface area contributed by atoms with Gasteiger partial charge in [0.05, 0.1) is 11.5 Å². The SMILES string of the molecule is CN(C(=O)c1ccc(Nc2cccc(Cl)c2)nn1)C1CCS(=O)(=O)C1. The molecule has 25 heavy (non-hydrogen) atoms. The Morgan fingerprint density at radius 3 is 2.68 bits per heavy atom. The first-order chi connectivity index (χ1) is 11.8. The quantitative estimate of drug-likeness (QED) is 0.873. The Kier molecular flexibility index (Phi) is 4.91. The van der Waals surface area contributed by atoms with Crippen molar-refractivity contribution in [3.63, 3.8) is 0 Å². The highest BCUT2D eigenvalue weighted by molar-refractivity contribution is 7.91. The molecule has 0 saturated carbocycles. The predicted octanol–water partition coefficient (Wildman–Crippen LogP) is 2.13. The van der Waals surface area contributed by atoms with Gasteiger partial charge in [0, 0.05) is 23.8 Å². The fourth-order valence-electron chi connectivity index (χ4n) is 2.65. The van der Waals surface area contributed by atoms with Crippen LogP contribution >= 0.6 is 11.6 Å². The number of rotatable bonds is 4. The highest BCUT2D eigenvalue weighted by Crippen LogP contribution is 2.20. The lowest BCUT2D eigenvalue weighted by Crippen LogP contribution is -2.38. The number of benzene rings is 1. The number of nitrogens with zero attached hydrogens (tertiary/aromatic N) is 3. The first kappa shape index (κ1) is 17.6.